The van der Waals surface area contributed by atoms with E-state index in [9.17, 15) is 27.5 Å². The molecule has 0 saturated heterocycles. The van der Waals surface area contributed by atoms with Crippen LogP contribution in [0.1, 0.15) is 36.0 Å². The van der Waals surface area contributed by atoms with E-state index in [0.29, 0.717) is 18.6 Å². The summed E-state index contributed by atoms with van der Waals surface area (Å²) < 4.78 is 43.2. The van der Waals surface area contributed by atoms with Crippen LogP contribution in [0.5, 0.6) is 5.75 Å². The second kappa shape index (κ2) is 8.39. The van der Waals surface area contributed by atoms with Crippen LogP contribution < -0.4 is 9.61 Å². The number of aromatic carboxylic acids is 1. The van der Waals surface area contributed by atoms with Crippen LogP contribution in [0, 0.1) is 5.82 Å². The zero-order valence-electron chi connectivity index (χ0n) is 15.1. The number of hydrazone groups is 1. The summed E-state index contributed by atoms with van der Waals surface area (Å²) in [7, 11) is -4.45. The van der Waals surface area contributed by atoms with Gasteiger partial charge in [-0.2, -0.15) is 13.5 Å². The first-order valence-corrected chi connectivity index (χ1v) is 10.1. The number of nitrogens with zero attached hydrogens (tertiary/aromatic N) is 1. The van der Waals surface area contributed by atoms with Crippen molar-refractivity contribution in [1.29, 1.82) is 0 Å². The van der Waals surface area contributed by atoms with Crippen LogP contribution in [-0.2, 0) is 14.9 Å². The lowest BCUT2D eigenvalue weighted by atomic mass is 9.97. The highest BCUT2D eigenvalue weighted by Gasteiger charge is 2.24. The Labute approximate surface area is 166 Å². The fourth-order valence-corrected chi connectivity index (χ4v) is 3.71. The Hall–Kier alpha value is -3.27. The Morgan fingerprint density at radius 2 is 1.79 bits per heavy atom. The number of carboxylic acids is 1. The summed E-state index contributed by atoms with van der Waals surface area (Å²) in [5.74, 6) is -2.67. The molecule has 1 aliphatic rings. The molecule has 0 bridgehead atoms. The van der Waals surface area contributed by atoms with Gasteiger partial charge in [0.2, 0.25) is 0 Å². The molecular weight excluding hydrogens is 403 g/mol. The van der Waals surface area contributed by atoms with Crippen molar-refractivity contribution in [3.05, 3.63) is 53.8 Å². The van der Waals surface area contributed by atoms with Gasteiger partial charge in [-0.05, 0) is 55.7 Å². The van der Waals surface area contributed by atoms with Gasteiger partial charge in [-0.3, -0.25) is 10.2 Å². The second-order valence-corrected chi connectivity index (χ2v) is 7.83. The van der Waals surface area contributed by atoms with Gasteiger partial charge in [0.15, 0.2) is 11.5 Å². The van der Waals surface area contributed by atoms with Crippen LogP contribution in [0.4, 0.5) is 10.1 Å². The number of para-hydroxylation sites is 1. The van der Waals surface area contributed by atoms with E-state index < -0.39 is 33.2 Å². The van der Waals surface area contributed by atoms with Crippen LogP contribution in [0.3, 0.4) is 0 Å². The molecule has 0 heterocycles. The first kappa shape index (κ1) is 20.5. The molecule has 0 radical (unpaired) electrons. The summed E-state index contributed by atoms with van der Waals surface area (Å²) in [4.78, 5) is 23.1. The fraction of sp³-hybridized carbons (Fsp3) is 0.211. The minimum absolute atomic E-state index is 0.0403. The standard InChI is InChI=1S/C19H17FN2O6S/c20-12-8-10-13(11-9-12)29(26,27)28-18-14(19(24)25)4-3-6-16(18)22-21-15-5-1-2-7-17(15)23/h3-4,6,8-11,22H,1-2,5,7H2,(H,24,25). The van der Waals surface area contributed by atoms with Gasteiger partial charge < -0.3 is 9.29 Å². The molecule has 2 N–H and O–H groups in total. The lowest BCUT2D eigenvalue weighted by Crippen LogP contribution is -2.20. The zero-order valence-corrected chi connectivity index (χ0v) is 15.9. The third-order valence-corrected chi connectivity index (χ3v) is 5.48. The molecule has 0 atom stereocenters. The minimum Gasteiger partial charge on any atom is -0.478 e. The molecule has 0 amide bonds. The van der Waals surface area contributed by atoms with Crippen molar-refractivity contribution in [2.75, 3.05) is 5.43 Å². The van der Waals surface area contributed by atoms with Crippen LogP contribution in [-0.4, -0.2) is 31.0 Å². The van der Waals surface area contributed by atoms with Crippen molar-refractivity contribution in [3.63, 3.8) is 0 Å². The number of ketones is 1. The van der Waals surface area contributed by atoms with Gasteiger partial charge in [-0.25, -0.2) is 9.18 Å². The van der Waals surface area contributed by atoms with E-state index in [2.05, 4.69) is 10.5 Å². The number of carbonyl (C=O) groups is 2. The van der Waals surface area contributed by atoms with E-state index in [0.717, 1.165) is 37.1 Å². The Morgan fingerprint density at radius 1 is 1.10 bits per heavy atom. The maximum absolute atomic E-state index is 13.1. The van der Waals surface area contributed by atoms with E-state index in [1.165, 1.54) is 18.2 Å². The van der Waals surface area contributed by atoms with Crippen molar-refractivity contribution in [1.82, 2.24) is 0 Å². The zero-order chi connectivity index (χ0) is 21.0. The number of halogens is 1. The van der Waals surface area contributed by atoms with E-state index in [4.69, 9.17) is 4.18 Å². The Morgan fingerprint density at radius 3 is 2.45 bits per heavy atom. The van der Waals surface area contributed by atoms with Gasteiger partial charge in [0.05, 0.1) is 0 Å². The molecule has 0 spiro atoms. The van der Waals surface area contributed by atoms with E-state index >= 15 is 0 Å². The van der Waals surface area contributed by atoms with Gasteiger partial charge >= 0.3 is 16.1 Å². The van der Waals surface area contributed by atoms with Crippen molar-refractivity contribution >= 4 is 33.3 Å². The smallest absolute Gasteiger partial charge is 0.339 e. The normalized spacial score (nSPS) is 15.9. The number of carbonyl (C=O) groups excluding carboxylic acids is 1. The predicted octanol–water partition coefficient (Wildman–Crippen LogP) is 3.20. The molecule has 0 unspecified atom stereocenters. The Balaban J connectivity index is 1.97. The average molecular weight is 420 g/mol. The Bertz CT molecular complexity index is 1080. The summed E-state index contributed by atoms with van der Waals surface area (Å²) in [6.45, 7) is 0. The molecule has 0 aromatic heterocycles. The monoisotopic (exact) mass is 420 g/mol. The maximum Gasteiger partial charge on any atom is 0.339 e. The molecule has 10 heteroatoms. The number of hydrogen-bond donors (Lipinski definition) is 2. The average Bonchev–Trinajstić information content (AvgIpc) is 2.68. The fourth-order valence-electron chi connectivity index (χ4n) is 2.75. The number of nitrogens with one attached hydrogen (secondary N) is 1. The molecule has 8 nitrogen and oxygen atoms in total. The van der Waals surface area contributed by atoms with Gasteiger partial charge in [0.25, 0.3) is 0 Å². The minimum atomic E-state index is -4.45. The molecule has 2 aromatic carbocycles. The van der Waals surface area contributed by atoms with E-state index in [-0.39, 0.29) is 16.4 Å². The molecule has 1 aliphatic carbocycles. The summed E-state index contributed by atoms with van der Waals surface area (Å²) >= 11 is 0. The first-order chi connectivity index (χ1) is 13.8. The van der Waals surface area contributed by atoms with Crippen LogP contribution >= 0.6 is 0 Å². The SMILES string of the molecule is O=C1CCCCC1=NNc1cccc(C(=O)O)c1OS(=O)(=O)c1ccc(F)cc1. The highest BCUT2D eigenvalue weighted by molar-refractivity contribution is 7.87. The number of benzene rings is 2. The van der Waals surface area contributed by atoms with Gasteiger partial charge in [0, 0.05) is 6.42 Å². The largest absolute Gasteiger partial charge is 0.478 e. The van der Waals surface area contributed by atoms with Gasteiger partial charge in [-0.15, -0.1) is 0 Å². The lowest BCUT2D eigenvalue weighted by Gasteiger charge is -2.15. The summed E-state index contributed by atoms with van der Waals surface area (Å²) in [5, 5.41) is 13.4. The quantitative estimate of drug-likeness (QED) is 0.543. The van der Waals surface area contributed by atoms with E-state index in [1.54, 1.807) is 0 Å². The van der Waals surface area contributed by atoms with Gasteiger partial charge in [0.1, 0.15) is 27.7 Å². The summed E-state index contributed by atoms with van der Waals surface area (Å²) in [6, 6.07) is 7.82. The Kier molecular flexibility index (Phi) is 5.92. The summed E-state index contributed by atoms with van der Waals surface area (Å²) in [6.07, 6.45) is 2.41. The molecule has 3 rings (SSSR count). The number of Topliss-reactive ketones (excluding diaryl/α,β-unsaturated/α-hetero) is 1. The maximum atomic E-state index is 13.1. The third-order valence-electron chi connectivity index (χ3n) is 4.24. The number of anilines is 1. The first-order valence-electron chi connectivity index (χ1n) is 8.70. The van der Waals surface area contributed by atoms with Crippen molar-refractivity contribution < 1.29 is 31.7 Å². The lowest BCUT2D eigenvalue weighted by molar-refractivity contribution is -0.113. The second-order valence-electron chi connectivity index (χ2n) is 6.28. The third kappa shape index (κ3) is 4.77. The van der Waals surface area contributed by atoms with Gasteiger partial charge in [-0.1, -0.05) is 6.07 Å². The molecular formula is C19H17FN2O6S. The van der Waals surface area contributed by atoms with E-state index in [1.807, 2.05) is 0 Å². The van der Waals surface area contributed by atoms with Crippen molar-refractivity contribution in [2.45, 2.75) is 30.6 Å². The molecule has 1 fully saturated rings. The van der Waals surface area contributed by atoms with Crippen molar-refractivity contribution in [3.8, 4) is 5.75 Å². The molecule has 0 aliphatic heterocycles. The molecule has 2 aromatic rings. The van der Waals surface area contributed by atoms with Crippen LogP contribution in [0.15, 0.2) is 52.5 Å². The number of rotatable bonds is 6. The highest BCUT2D eigenvalue weighted by Crippen LogP contribution is 2.32. The van der Waals surface area contributed by atoms with Crippen molar-refractivity contribution in [2.24, 2.45) is 5.10 Å². The molecule has 29 heavy (non-hydrogen) atoms. The predicted molar refractivity (Wildman–Crippen MR) is 102 cm³/mol. The molecule has 152 valence electrons. The van der Waals surface area contributed by atoms with Crippen LogP contribution in [0.25, 0.3) is 0 Å². The van der Waals surface area contributed by atoms with Crippen LogP contribution in [0.2, 0.25) is 0 Å². The summed E-state index contributed by atoms with van der Waals surface area (Å²) in [5.41, 5.74) is 2.38. The molecule has 1 saturated carbocycles. The number of hydrogen-bond acceptors (Lipinski definition) is 7. The number of carboxylic acid groups (broad SMARTS) is 1. The highest BCUT2D eigenvalue weighted by atomic mass is 32.2. The topological polar surface area (TPSA) is 122 Å².